The van der Waals surface area contributed by atoms with E-state index in [9.17, 15) is 5.26 Å². The second kappa shape index (κ2) is 5.08. The van der Waals surface area contributed by atoms with E-state index in [1.165, 1.54) is 0 Å². The van der Waals surface area contributed by atoms with Crippen LogP contribution in [0, 0.1) is 23.2 Å². The van der Waals surface area contributed by atoms with Gasteiger partial charge in [0.1, 0.15) is 11.6 Å². The number of benzene rings is 1. The number of hydrogen-bond acceptors (Lipinski definition) is 5. The van der Waals surface area contributed by atoms with Crippen LogP contribution >= 0.6 is 0 Å². The maximum Gasteiger partial charge on any atom is 0.160 e. The van der Waals surface area contributed by atoms with Crippen molar-refractivity contribution in [1.29, 1.82) is 5.26 Å². The van der Waals surface area contributed by atoms with E-state index in [1.807, 2.05) is 30.3 Å². The third-order valence-corrected chi connectivity index (χ3v) is 5.07. The van der Waals surface area contributed by atoms with E-state index in [0.29, 0.717) is 23.4 Å². The van der Waals surface area contributed by atoms with Crippen LogP contribution in [0.2, 0.25) is 0 Å². The Hall–Kier alpha value is -2.84. The average molecular weight is 317 g/mol. The lowest BCUT2D eigenvalue weighted by molar-refractivity contribution is 0.162. The predicted octanol–water partition coefficient (Wildman–Crippen LogP) is 3.42. The summed E-state index contributed by atoms with van der Waals surface area (Å²) in [5, 5.41) is 13.1. The van der Waals surface area contributed by atoms with E-state index in [1.54, 1.807) is 12.5 Å². The fraction of sp³-hybridized carbons (Fsp3) is 0.263. The Morgan fingerprint density at radius 3 is 2.88 bits per heavy atom. The van der Waals surface area contributed by atoms with Crippen molar-refractivity contribution >= 4 is 16.8 Å². The van der Waals surface area contributed by atoms with Crippen LogP contribution < -0.4 is 5.32 Å². The molecule has 1 saturated carbocycles. The molecule has 2 unspecified atom stereocenters. The van der Waals surface area contributed by atoms with Gasteiger partial charge in [0, 0.05) is 35.7 Å². The Bertz CT molecular complexity index is 962. The highest BCUT2D eigenvalue weighted by molar-refractivity contribution is 5.90. The SMILES string of the molecule is N#Cc1cc(-c2ccnc3ccoc23)ccc1NC1C2COCC21. The molecule has 1 saturated heterocycles. The van der Waals surface area contributed by atoms with Crippen molar-refractivity contribution in [3.8, 4) is 17.2 Å². The third kappa shape index (κ3) is 2.00. The number of aromatic nitrogens is 1. The minimum atomic E-state index is 0.439. The third-order valence-electron chi connectivity index (χ3n) is 5.07. The largest absolute Gasteiger partial charge is 0.462 e. The van der Waals surface area contributed by atoms with Gasteiger partial charge in [-0.25, -0.2) is 0 Å². The standard InChI is InChI=1S/C19H15N3O2/c20-8-12-7-11(13-3-5-21-17-4-6-24-19(13)17)1-2-16(12)22-18-14-9-23-10-15(14)18/h1-7,14-15,18,22H,9-10H2. The highest BCUT2D eigenvalue weighted by Gasteiger charge is 2.54. The predicted molar refractivity (Wildman–Crippen MR) is 89.4 cm³/mol. The Labute approximate surface area is 138 Å². The number of rotatable bonds is 3. The van der Waals surface area contributed by atoms with E-state index >= 15 is 0 Å². The Balaban J connectivity index is 1.50. The van der Waals surface area contributed by atoms with Crippen molar-refractivity contribution in [2.24, 2.45) is 11.8 Å². The molecule has 5 nitrogen and oxygen atoms in total. The van der Waals surface area contributed by atoms with Gasteiger partial charge in [-0.15, -0.1) is 0 Å². The van der Waals surface area contributed by atoms with E-state index in [0.717, 1.165) is 41.1 Å². The van der Waals surface area contributed by atoms with Crippen molar-refractivity contribution < 1.29 is 9.15 Å². The molecule has 0 bridgehead atoms. The molecule has 3 aromatic rings. The van der Waals surface area contributed by atoms with E-state index in [2.05, 4.69) is 16.4 Å². The highest BCUT2D eigenvalue weighted by Crippen LogP contribution is 2.46. The van der Waals surface area contributed by atoms with Gasteiger partial charge in [-0.3, -0.25) is 4.98 Å². The van der Waals surface area contributed by atoms with Crippen LogP contribution in [-0.4, -0.2) is 24.2 Å². The number of pyridine rings is 1. The number of fused-ring (bicyclic) bond motifs is 2. The minimum absolute atomic E-state index is 0.439. The zero-order valence-electron chi connectivity index (χ0n) is 12.9. The van der Waals surface area contributed by atoms with Crippen LogP contribution in [0.3, 0.4) is 0 Å². The summed E-state index contributed by atoms with van der Waals surface area (Å²) in [4.78, 5) is 4.28. The summed E-state index contributed by atoms with van der Waals surface area (Å²) in [5.74, 6) is 1.19. The number of furan rings is 1. The molecule has 1 aliphatic heterocycles. The molecule has 1 aliphatic carbocycles. The molecular weight excluding hydrogens is 302 g/mol. The lowest BCUT2D eigenvalue weighted by Gasteiger charge is -2.12. The maximum absolute atomic E-state index is 9.55. The molecule has 2 aromatic heterocycles. The van der Waals surface area contributed by atoms with Crippen LogP contribution in [0.1, 0.15) is 5.56 Å². The summed E-state index contributed by atoms with van der Waals surface area (Å²) >= 11 is 0. The van der Waals surface area contributed by atoms with Gasteiger partial charge in [-0.1, -0.05) is 6.07 Å². The molecule has 2 fully saturated rings. The first-order valence-electron chi connectivity index (χ1n) is 8.06. The first kappa shape index (κ1) is 13.6. The number of ether oxygens (including phenoxy) is 1. The topological polar surface area (TPSA) is 71.1 Å². The lowest BCUT2D eigenvalue weighted by Crippen LogP contribution is -2.13. The van der Waals surface area contributed by atoms with Crippen molar-refractivity contribution in [2.75, 3.05) is 18.5 Å². The first-order valence-corrected chi connectivity index (χ1v) is 8.06. The monoisotopic (exact) mass is 317 g/mol. The van der Waals surface area contributed by atoms with Gasteiger partial charge in [-0.05, 0) is 23.8 Å². The second-order valence-electron chi connectivity index (χ2n) is 6.40. The fourth-order valence-electron chi connectivity index (χ4n) is 3.66. The van der Waals surface area contributed by atoms with E-state index in [4.69, 9.17) is 9.15 Å². The summed E-state index contributed by atoms with van der Waals surface area (Å²) in [5.41, 5.74) is 5.01. The molecule has 0 radical (unpaired) electrons. The summed E-state index contributed by atoms with van der Waals surface area (Å²) in [6, 6.07) is 12.4. The van der Waals surface area contributed by atoms with Crippen molar-refractivity contribution in [2.45, 2.75) is 6.04 Å². The molecule has 5 rings (SSSR count). The summed E-state index contributed by atoms with van der Waals surface area (Å²) in [7, 11) is 0. The molecular formula is C19H15N3O2. The molecule has 5 heteroatoms. The molecule has 2 aliphatic rings. The number of nitriles is 1. The minimum Gasteiger partial charge on any atom is -0.462 e. The highest BCUT2D eigenvalue weighted by atomic mass is 16.5. The van der Waals surface area contributed by atoms with Gasteiger partial charge in [0.15, 0.2) is 5.58 Å². The van der Waals surface area contributed by atoms with Crippen LogP contribution in [0.25, 0.3) is 22.2 Å². The van der Waals surface area contributed by atoms with E-state index < -0.39 is 0 Å². The lowest BCUT2D eigenvalue weighted by atomic mass is 10.0. The molecule has 3 heterocycles. The smallest absolute Gasteiger partial charge is 0.160 e. The van der Waals surface area contributed by atoms with Crippen LogP contribution in [-0.2, 0) is 4.74 Å². The van der Waals surface area contributed by atoms with Crippen molar-refractivity contribution in [3.05, 3.63) is 48.4 Å². The Kier molecular flexibility index (Phi) is 2.88. The van der Waals surface area contributed by atoms with Gasteiger partial charge in [-0.2, -0.15) is 5.26 Å². The van der Waals surface area contributed by atoms with Gasteiger partial charge in [0.25, 0.3) is 0 Å². The van der Waals surface area contributed by atoms with Crippen LogP contribution in [0.15, 0.2) is 47.2 Å². The first-order chi connectivity index (χ1) is 11.8. The quantitative estimate of drug-likeness (QED) is 0.801. The van der Waals surface area contributed by atoms with E-state index in [-0.39, 0.29) is 0 Å². The van der Waals surface area contributed by atoms with Gasteiger partial charge >= 0.3 is 0 Å². The van der Waals surface area contributed by atoms with Gasteiger partial charge in [0.2, 0.25) is 0 Å². The van der Waals surface area contributed by atoms with Crippen LogP contribution in [0.5, 0.6) is 0 Å². The fourth-order valence-corrected chi connectivity index (χ4v) is 3.66. The van der Waals surface area contributed by atoms with Gasteiger partial charge < -0.3 is 14.5 Å². The molecule has 2 atom stereocenters. The van der Waals surface area contributed by atoms with Crippen molar-refractivity contribution in [1.82, 2.24) is 4.98 Å². The zero-order chi connectivity index (χ0) is 16.1. The number of nitrogens with zero attached hydrogens (tertiary/aromatic N) is 2. The number of nitrogens with one attached hydrogen (secondary N) is 1. The maximum atomic E-state index is 9.55. The normalized spacial score (nSPS) is 24.5. The Morgan fingerprint density at radius 1 is 1.17 bits per heavy atom. The molecule has 0 amide bonds. The van der Waals surface area contributed by atoms with Crippen molar-refractivity contribution in [3.63, 3.8) is 0 Å². The van der Waals surface area contributed by atoms with Crippen LogP contribution in [0.4, 0.5) is 5.69 Å². The number of hydrogen-bond donors (Lipinski definition) is 1. The molecule has 1 aromatic carbocycles. The molecule has 118 valence electrons. The molecule has 0 spiro atoms. The van der Waals surface area contributed by atoms with Gasteiger partial charge in [0.05, 0.1) is 30.7 Å². The number of anilines is 1. The molecule has 24 heavy (non-hydrogen) atoms. The summed E-state index contributed by atoms with van der Waals surface area (Å²) in [6.07, 6.45) is 3.40. The zero-order valence-corrected chi connectivity index (χ0v) is 12.9. The Morgan fingerprint density at radius 2 is 2.04 bits per heavy atom. The summed E-state index contributed by atoms with van der Waals surface area (Å²) < 4.78 is 11.0. The molecule has 1 N–H and O–H groups in total. The average Bonchev–Trinajstić information content (AvgIpc) is 3.05. The summed E-state index contributed by atoms with van der Waals surface area (Å²) in [6.45, 7) is 1.66. The second-order valence-corrected chi connectivity index (χ2v) is 6.40.